The molecule has 0 fully saturated rings. The minimum atomic E-state index is -0.592. The standard InChI is InChI=1S/C22H23ClN2O4/c1-3-12-28-21(26)19-14(2)24-22(27)25-20(19)15-8-10-17(11-9-15)29-13-16-6-4-5-7-18(16)23/h4-11,20H,3,12-13H2,1-2H3,(H2,24,25,27). The molecule has 29 heavy (non-hydrogen) atoms. The monoisotopic (exact) mass is 414 g/mol. The third-order valence-corrected chi connectivity index (χ3v) is 4.86. The van der Waals surface area contributed by atoms with Crippen LogP contribution >= 0.6 is 11.6 Å². The number of carbonyl (C=O) groups excluding carboxylic acids is 2. The van der Waals surface area contributed by atoms with Crippen LogP contribution in [0.3, 0.4) is 0 Å². The molecule has 0 saturated carbocycles. The summed E-state index contributed by atoms with van der Waals surface area (Å²) in [7, 11) is 0. The molecule has 7 heteroatoms. The zero-order valence-electron chi connectivity index (χ0n) is 16.3. The Labute approximate surface area is 174 Å². The van der Waals surface area contributed by atoms with Crippen LogP contribution < -0.4 is 15.4 Å². The largest absolute Gasteiger partial charge is 0.489 e. The molecule has 2 N–H and O–H groups in total. The van der Waals surface area contributed by atoms with Crippen molar-refractivity contribution in [2.24, 2.45) is 0 Å². The van der Waals surface area contributed by atoms with Gasteiger partial charge in [-0.1, -0.05) is 48.9 Å². The van der Waals surface area contributed by atoms with E-state index in [1.165, 1.54) is 0 Å². The first kappa shape index (κ1) is 20.7. The van der Waals surface area contributed by atoms with Gasteiger partial charge >= 0.3 is 12.0 Å². The van der Waals surface area contributed by atoms with Gasteiger partial charge in [-0.3, -0.25) is 0 Å². The topological polar surface area (TPSA) is 76.7 Å². The van der Waals surface area contributed by atoms with Crippen LogP contribution in [0.15, 0.2) is 59.8 Å². The first-order chi connectivity index (χ1) is 14.0. The lowest BCUT2D eigenvalue weighted by Gasteiger charge is -2.28. The molecular formula is C22H23ClN2O4. The van der Waals surface area contributed by atoms with Gasteiger partial charge in [-0.25, -0.2) is 9.59 Å². The zero-order valence-corrected chi connectivity index (χ0v) is 17.1. The van der Waals surface area contributed by atoms with E-state index in [0.717, 1.165) is 17.5 Å². The van der Waals surface area contributed by atoms with Gasteiger partial charge in [-0.15, -0.1) is 0 Å². The maximum Gasteiger partial charge on any atom is 0.338 e. The second-order valence-electron chi connectivity index (χ2n) is 6.66. The Hall–Kier alpha value is -2.99. The fourth-order valence-corrected chi connectivity index (χ4v) is 3.21. The molecule has 2 aromatic rings. The van der Waals surface area contributed by atoms with Gasteiger partial charge in [0.25, 0.3) is 0 Å². The molecule has 1 unspecified atom stereocenters. The summed E-state index contributed by atoms with van der Waals surface area (Å²) in [5.41, 5.74) is 2.53. The van der Waals surface area contributed by atoms with Crippen molar-refractivity contribution >= 4 is 23.6 Å². The molecular weight excluding hydrogens is 392 g/mol. The Morgan fingerprint density at radius 3 is 2.55 bits per heavy atom. The van der Waals surface area contributed by atoms with E-state index in [4.69, 9.17) is 21.1 Å². The molecule has 1 aliphatic rings. The molecule has 1 aliphatic heterocycles. The number of ether oxygens (including phenoxy) is 2. The van der Waals surface area contributed by atoms with Crippen LogP contribution in [-0.2, 0) is 16.1 Å². The summed E-state index contributed by atoms with van der Waals surface area (Å²) in [6.45, 7) is 4.28. The molecule has 2 aromatic carbocycles. The number of allylic oxidation sites excluding steroid dienone is 1. The van der Waals surface area contributed by atoms with E-state index in [-0.39, 0.29) is 6.03 Å². The van der Waals surface area contributed by atoms with E-state index in [2.05, 4.69) is 10.6 Å². The normalized spacial score (nSPS) is 16.1. The number of esters is 1. The molecule has 2 amide bonds. The number of benzene rings is 2. The molecule has 0 radical (unpaired) electrons. The molecule has 0 aliphatic carbocycles. The smallest absolute Gasteiger partial charge is 0.338 e. The maximum atomic E-state index is 12.5. The third-order valence-electron chi connectivity index (χ3n) is 4.49. The highest BCUT2D eigenvalue weighted by molar-refractivity contribution is 6.31. The Kier molecular flexibility index (Phi) is 6.77. The molecule has 152 valence electrons. The van der Waals surface area contributed by atoms with Gasteiger partial charge in [-0.05, 0) is 37.1 Å². The summed E-state index contributed by atoms with van der Waals surface area (Å²) in [5.74, 6) is 0.214. The summed E-state index contributed by atoms with van der Waals surface area (Å²) in [5, 5.41) is 6.07. The highest BCUT2D eigenvalue weighted by atomic mass is 35.5. The number of hydrogen-bond donors (Lipinski definition) is 2. The van der Waals surface area contributed by atoms with Crippen LogP contribution in [0, 0.1) is 0 Å². The molecule has 0 bridgehead atoms. The number of hydrogen-bond acceptors (Lipinski definition) is 4. The van der Waals surface area contributed by atoms with Gasteiger partial charge in [0.05, 0.1) is 18.2 Å². The first-order valence-corrected chi connectivity index (χ1v) is 9.79. The average molecular weight is 415 g/mol. The van der Waals surface area contributed by atoms with Crippen molar-refractivity contribution in [3.63, 3.8) is 0 Å². The zero-order chi connectivity index (χ0) is 20.8. The van der Waals surface area contributed by atoms with E-state index in [1.54, 1.807) is 19.1 Å². The number of nitrogens with one attached hydrogen (secondary N) is 2. The van der Waals surface area contributed by atoms with Crippen molar-refractivity contribution in [3.8, 4) is 5.75 Å². The van der Waals surface area contributed by atoms with E-state index in [9.17, 15) is 9.59 Å². The first-order valence-electron chi connectivity index (χ1n) is 9.41. The number of halogens is 1. The van der Waals surface area contributed by atoms with Gasteiger partial charge in [0.15, 0.2) is 0 Å². The number of amides is 2. The molecule has 0 aromatic heterocycles. The lowest BCUT2D eigenvalue weighted by atomic mass is 9.95. The van der Waals surface area contributed by atoms with Crippen molar-refractivity contribution in [3.05, 3.63) is 76.0 Å². The Bertz CT molecular complexity index is 925. The summed E-state index contributed by atoms with van der Waals surface area (Å²) >= 11 is 6.15. The van der Waals surface area contributed by atoms with E-state index < -0.39 is 12.0 Å². The van der Waals surface area contributed by atoms with Crippen LogP contribution in [0.5, 0.6) is 5.75 Å². The van der Waals surface area contributed by atoms with Crippen molar-refractivity contribution in [2.45, 2.75) is 32.9 Å². The highest BCUT2D eigenvalue weighted by Crippen LogP contribution is 2.29. The highest BCUT2D eigenvalue weighted by Gasteiger charge is 2.32. The van der Waals surface area contributed by atoms with Crippen LogP contribution in [0.2, 0.25) is 5.02 Å². The second kappa shape index (κ2) is 9.47. The molecule has 0 saturated heterocycles. The minimum absolute atomic E-state index is 0.325. The summed E-state index contributed by atoms with van der Waals surface area (Å²) in [4.78, 5) is 24.5. The molecule has 1 atom stereocenters. The molecule has 6 nitrogen and oxygen atoms in total. The molecule has 1 heterocycles. The summed E-state index contributed by atoms with van der Waals surface area (Å²) < 4.78 is 11.1. The quantitative estimate of drug-likeness (QED) is 0.654. The van der Waals surface area contributed by atoms with Crippen molar-refractivity contribution < 1.29 is 19.1 Å². The predicted octanol–water partition coefficient (Wildman–Crippen LogP) is 4.50. The van der Waals surface area contributed by atoms with Crippen LogP contribution in [-0.4, -0.2) is 18.6 Å². The summed E-state index contributed by atoms with van der Waals surface area (Å²) in [6, 6.07) is 13.8. The average Bonchev–Trinajstić information content (AvgIpc) is 2.71. The third kappa shape index (κ3) is 5.09. The SMILES string of the molecule is CCCOC(=O)C1=C(C)NC(=O)NC1c1ccc(OCc2ccccc2Cl)cc1. The fourth-order valence-electron chi connectivity index (χ4n) is 3.02. The Balaban J connectivity index is 1.76. The number of carbonyl (C=O) groups is 2. The predicted molar refractivity (Wildman–Crippen MR) is 111 cm³/mol. The minimum Gasteiger partial charge on any atom is -0.489 e. The van der Waals surface area contributed by atoms with E-state index >= 15 is 0 Å². The van der Waals surface area contributed by atoms with E-state index in [0.29, 0.717) is 35.3 Å². The van der Waals surface area contributed by atoms with E-state index in [1.807, 2.05) is 43.3 Å². The number of rotatable bonds is 7. The van der Waals surface area contributed by atoms with Crippen LogP contribution in [0.1, 0.15) is 37.4 Å². The van der Waals surface area contributed by atoms with Crippen molar-refractivity contribution in [2.75, 3.05) is 6.61 Å². The number of urea groups is 1. The van der Waals surface area contributed by atoms with Crippen LogP contribution in [0.4, 0.5) is 4.79 Å². The van der Waals surface area contributed by atoms with Crippen molar-refractivity contribution in [1.82, 2.24) is 10.6 Å². The Morgan fingerprint density at radius 2 is 1.86 bits per heavy atom. The van der Waals surface area contributed by atoms with Gasteiger partial charge < -0.3 is 20.1 Å². The fraction of sp³-hybridized carbons (Fsp3) is 0.273. The Morgan fingerprint density at radius 1 is 1.14 bits per heavy atom. The van der Waals surface area contributed by atoms with Gasteiger partial charge in [0.2, 0.25) is 0 Å². The molecule has 0 spiro atoms. The molecule has 3 rings (SSSR count). The lowest BCUT2D eigenvalue weighted by molar-refractivity contribution is -0.139. The second-order valence-corrected chi connectivity index (χ2v) is 7.06. The van der Waals surface area contributed by atoms with Gasteiger partial charge in [-0.2, -0.15) is 0 Å². The lowest BCUT2D eigenvalue weighted by Crippen LogP contribution is -2.45. The van der Waals surface area contributed by atoms with Crippen LogP contribution in [0.25, 0.3) is 0 Å². The summed E-state index contributed by atoms with van der Waals surface area (Å²) in [6.07, 6.45) is 0.722. The van der Waals surface area contributed by atoms with Gasteiger partial charge in [0.1, 0.15) is 12.4 Å². The maximum absolute atomic E-state index is 12.5. The van der Waals surface area contributed by atoms with Gasteiger partial charge in [0, 0.05) is 16.3 Å². The van der Waals surface area contributed by atoms with Crippen molar-refractivity contribution in [1.29, 1.82) is 0 Å².